The molecule has 27 heavy (non-hydrogen) atoms. The predicted molar refractivity (Wildman–Crippen MR) is 103 cm³/mol. The number of carbonyl (C=O) groups excluding carboxylic acids is 1. The van der Waals surface area contributed by atoms with Crippen LogP contribution in [0.3, 0.4) is 0 Å². The topological polar surface area (TPSA) is 80.2 Å². The minimum Gasteiger partial charge on any atom is -0.496 e. The molecule has 4 rings (SSSR count). The molecule has 0 spiro atoms. The average molecular weight is 381 g/mol. The molecule has 1 saturated heterocycles. The maximum atomic E-state index is 13.2. The number of aromatic nitrogens is 3. The lowest BCUT2D eigenvalue weighted by molar-refractivity contribution is 0.0626. The predicted octanol–water partition coefficient (Wildman–Crippen LogP) is 2.40. The van der Waals surface area contributed by atoms with E-state index in [1.165, 1.54) is 11.3 Å². The summed E-state index contributed by atoms with van der Waals surface area (Å²) in [4.78, 5) is 27.9. The lowest BCUT2D eigenvalue weighted by atomic mass is 10.0. The van der Waals surface area contributed by atoms with Crippen molar-refractivity contribution in [3.05, 3.63) is 59.5 Å². The van der Waals surface area contributed by atoms with E-state index >= 15 is 0 Å². The number of methoxy groups -OCH3 is 1. The quantitative estimate of drug-likeness (QED) is 0.748. The maximum Gasteiger partial charge on any atom is 0.273 e. The van der Waals surface area contributed by atoms with Gasteiger partial charge in [0.15, 0.2) is 0 Å². The molecule has 1 aromatic carbocycles. The highest BCUT2D eigenvalue weighted by Gasteiger charge is 2.31. The number of benzene rings is 1. The van der Waals surface area contributed by atoms with Gasteiger partial charge in [-0.15, -0.1) is 11.3 Å². The third-order valence-electron chi connectivity index (χ3n) is 4.51. The molecule has 1 fully saturated rings. The van der Waals surface area contributed by atoms with E-state index in [2.05, 4.69) is 20.3 Å². The van der Waals surface area contributed by atoms with Gasteiger partial charge in [0.05, 0.1) is 19.3 Å². The normalized spacial score (nSPS) is 16.9. The summed E-state index contributed by atoms with van der Waals surface area (Å²) in [5.41, 5.74) is 2.09. The van der Waals surface area contributed by atoms with E-state index in [9.17, 15) is 4.79 Å². The molecule has 1 N–H and O–H groups in total. The number of rotatable bonds is 4. The Bertz CT molecular complexity index is 931. The molecule has 138 valence electrons. The Balaban J connectivity index is 1.63. The fourth-order valence-electron chi connectivity index (χ4n) is 3.21. The summed E-state index contributed by atoms with van der Waals surface area (Å²) >= 11 is 1.40. The molecule has 2 aromatic heterocycles. The number of nitrogens with one attached hydrogen (secondary N) is 1. The number of piperazine rings is 1. The summed E-state index contributed by atoms with van der Waals surface area (Å²) in [7, 11) is 1.65. The highest BCUT2D eigenvalue weighted by atomic mass is 32.1. The van der Waals surface area contributed by atoms with Crippen LogP contribution in [0.1, 0.15) is 22.1 Å². The van der Waals surface area contributed by atoms with Crippen molar-refractivity contribution in [2.45, 2.75) is 6.04 Å². The summed E-state index contributed by atoms with van der Waals surface area (Å²) in [6, 6.07) is 7.71. The molecule has 1 unspecified atom stereocenters. The molecule has 1 aliphatic rings. The maximum absolute atomic E-state index is 13.2. The van der Waals surface area contributed by atoms with Crippen molar-refractivity contribution in [1.82, 2.24) is 25.2 Å². The van der Waals surface area contributed by atoms with Crippen molar-refractivity contribution in [1.29, 1.82) is 0 Å². The molecule has 3 heterocycles. The third kappa shape index (κ3) is 3.54. The second-order valence-corrected chi connectivity index (χ2v) is 6.95. The number of nitrogens with zero attached hydrogens (tertiary/aromatic N) is 4. The lowest BCUT2D eigenvalue weighted by Crippen LogP contribution is -2.48. The molecule has 8 heteroatoms. The lowest BCUT2D eigenvalue weighted by Gasteiger charge is -2.36. The number of para-hydroxylation sites is 1. The van der Waals surface area contributed by atoms with Crippen molar-refractivity contribution in [3.63, 3.8) is 0 Å². The summed E-state index contributed by atoms with van der Waals surface area (Å²) in [6.07, 6.45) is 4.88. The van der Waals surface area contributed by atoms with Crippen molar-refractivity contribution in [2.75, 3.05) is 26.7 Å². The van der Waals surface area contributed by atoms with Crippen LogP contribution in [0.5, 0.6) is 5.75 Å². The van der Waals surface area contributed by atoms with Gasteiger partial charge in [-0.05, 0) is 6.07 Å². The second kappa shape index (κ2) is 7.81. The first-order valence-corrected chi connectivity index (χ1v) is 9.52. The van der Waals surface area contributed by atoms with E-state index in [1.54, 1.807) is 31.1 Å². The first-order chi connectivity index (χ1) is 13.3. The Morgan fingerprint density at radius 1 is 1.33 bits per heavy atom. The van der Waals surface area contributed by atoms with Crippen molar-refractivity contribution in [2.24, 2.45) is 0 Å². The molecular formula is C19H19N5O2S. The molecule has 0 radical (unpaired) electrons. The summed E-state index contributed by atoms with van der Waals surface area (Å²) in [5.74, 6) is 0.696. The second-order valence-electron chi connectivity index (χ2n) is 6.09. The van der Waals surface area contributed by atoms with Gasteiger partial charge in [0.2, 0.25) is 0 Å². The Labute approximate surface area is 161 Å². The van der Waals surface area contributed by atoms with Crippen LogP contribution in [0.15, 0.2) is 48.2 Å². The van der Waals surface area contributed by atoms with Crippen LogP contribution < -0.4 is 10.1 Å². The first kappa shape index (κ1) is 17.6. The van der Waals surface area contributed by atoms with E-state index in [-0.39, 0.29) is 11.9 Å². The van der Waals surface area contributed by atoms with Crippen LogP contribution in [-0.2, 0) is 0 Å². The first-order valence-electron chi connectivity index (χ1n) is 8.64. The van der Waals surface area contributed by atoms with Crippen LogP contribution >= 0.6 is 11.3 Å². The smallest absolute Gasteiger partial charge is 0.273 e. The number of carbonyl (C=O) groups is 1. The van der Waals surface area contributed by atoms with Gasteiger partial charge >= 0.3 is 0 Å². The van der Waals surface area contributed by atoms with E-state index in [0.29, 0.717) is 29.5 Å². The SMILES string of the molecule is COc1ccccc1C1CNCCN1C(=O)c1csc(-c2cnccn2)n1. The Morgan fingerprint density at radius 3 is 3.04 bits per heavy atom. The fourth-order valence-corrected chi connectivity index (χ4v) is 3.97. The standard InChI is InChI=1S/C19H19N5O2S/c1-26-17-5-3-2-4-13(17)16-11-21-8-9-24(16)19(25)15-12-27-18(23-15)14-10-20-6-7-22-14/h2-7,10,12,16,21H,8-9,11H2,1H3. The van der Waals surface area contributed by atoms with Crippen LogP contribution in [0.25, 0.3) is 10.7 Å². The number of hydrogen-bond acceptors (Lipinski definition) is 7. The molecule has 0 saturated carbocycles. The van der Waals surface area contributed by atoms with Gasteiger partial charge in [-0.25, -0.2) is 4.98 Å². The Morgan fingerprint density at radius 2 is 2.22 bits per heavy atom. The van der Waals surface area contributed by atoms with Gasteiger partial charge in [0.1, 0.15) is 22.1 Å². The molecule has 1 amide bonds. The minimum absolute atomic E-state index is 0.0844. The highest BCUT2D eigenvalue weighted by molar-refractivity contribution is 7.13. The number of amides is 1. The molecule has 3 aromatic rings. The van der Waals surface area contributed by atoms with Crippen LogP contribution in [0.2, 0.25) is 0 Å². The molecule has 0 bridgehead atoms. The number of hydrogen-bond donors (Lipinski definition) is 1. The highest BCUT2D eigenvalue weighted by Crippen LogP contribution is 2.31. The fraction of sp³-hybridized carbons (Fsp3) is 0.263. The number of thiazole rings is 1. The zero-order valence-electron chi connectivity index (χ0n) is 14.8. The van der Waals surface area contributed by atoms with Gasteiger partial charge in [-0.3, -0.25) is 14.8 Å². The summed E-state index contributed by atoms with van der Waals surface area (Å²) in [5, 5.41) is 5.84. The monoisotopic (exact) mass is 381 g/mol. The Hall–Kier alpha value is -2.84. The van der Waals surface area contributed by atoms with Crippen molar-refractivity contribution < 1.29 is 9.53 Å². The van der Waals surface area contributed by atoms with Gasteiger partial charge in [0, 0.05) is 43.0 Å². The van der Waals surface area contributed by atoms with E-state index < -0.39 is 0 Å². The molecule has 1 aliphatic heterocycles. The van der Waals surface area contributed by atoms with Gasteiger partial charge < -0.3 is 15.0 Å². The number of ether oxygens (including phenoxy) is 1. The van der Waals surface area contributed by atoms with Crippen LogP contribution in [-0.4, -0.2) is 52.5 Å². The average Bonchev–Trinajstić information content (AvgIpc) is 3.24. The van der Waals surface area contributed by atoms with Crippen LogP contribution in [0, 0.1) is 0 Å². The van der Waals surface area contributed by atoms with Crippen LogP contribution in [0.4, 0.5) is 0 Å². The van der Waals surface area contributed by atoms with E-state index in [1.807, 2.05) is 29.2 Å². The summed E-state index contributed by atoms with van der Waals surface area (Å²) < 4.78 is 5.50. The summed E-state index contributed by atoms with van der Waals surface area (Å²) in [6.45, 7) is 2.03. The van der Waals surface area contributed by atoms with Gasteiger partial charge in [0.25, 0.3) is 5.91 Å². The molecule has 1 atom stereocenters. The molecular weight excluding hydrogens is 362 g/mol. The largest absolute Gasteiger partial charge is 0.496 e. The Kier molecular flexibility index (Phi) is 5.08. The third-order valence-corrected chi connectivity index (χ3v) is 5.37. The zero-order chi connectivity index (χ0) is 18.6. The van der Waals surface area contributed by atoms with Gasteiger partial charge in [-0.2, -0.15) is 0 Å². The zero-order valence-corrected chi connectivity index (χ0v) is 15.6. The van der Waals surface area contributed by atoms with E-state index in [0.717, 1.165) is 17.9 Å². The van der Waals surface area contributed by atoms with Gasteiger partial charge in [-0.1, -0.05) is 18.2 Å². The molecule has 0 aliphatic carbocycles. The minimum atomic E-state index is -0.107. The van der Waals surface area contributed by atoms with Crippen molar-refractivity contribution >= 4 is 17.2 Å². The molecule has 7 nitrogen and oxygen atoms in total. The van der Waals surface area contributed by atoms with Crippen molar-refractivity contribution in [3.8, 4) is 16.5 Å². The van der Waals surface area contributed by atoms with E-state index in [4.69, 9.17) is 4.74 Å².